The molecule has 1 fully saturated rings. The molecule has 3 heteroatoms. The van der Waals surface area contributed by atoms with Crippen LogP contribution in [0.1, 0.15) is 46.0 Å². The second-order valence-electron chi connectivity index (χ2n) is 4.82. The normalized spacial score (nSPS) is 22.6. The number of likely N-dealkylation sites (N-methyl/N-ethyl adjacent to an activating group) is 1. The molecule has 1 aliphatic rings. The van der Waals surface area contributed by atoms with Crippen molar-refractivity contribution in [2.75, 3.05) is 18.9 Å². The minimum atomic E-state index is -0.0864. The number of hydrogen-bond donors (Lipinski definition) is 2. The highest BCUT2D eigenvalue weighted by atomic mass is 32.2. The molecule has 0 radical (unpaired) electrons. The molecule has 0 aromatic heterocycles. The fourth-order valence-electron chi connectivity index (χ4n) is 2.11. The Labute approximate surface area is 98.2 Å². The summed E-state index contributed by atoms with van der Waals surface area (Å²) in [6.45, 7) is 5.38. The molecular formula is C12H25NOS. The average Bonchev–Trinajstić information content (AvgIpc) is 2.28. The molecular weight excluding hydrogens is 206 g/mol. The van der Waals surface area contributed by atoms with Crippen LogP contribution in [0.5, 0.6) is 0 Å². The van der Waals surface area contributed by atoms with Gasteiger partial charge in [0.25, 0.3) is 0 Å². The molecule has 0 spiro atoms. The van der Waals surface area contributed by atoms with Crippen LogP contribution in [0.3, 0.4) is 0 Å². The van der Waals surface area contributed by atoms with Gasteiger partial charge in [0, 0.05) is 16.5 Å². The largest absolute Gasteiger partial charge is 0.394 e. The van der Waals surface area contributed by atoms with Crippen LogP contribution >= 0.6 is 11.8 Å². The van der Waals surface area contributed by atoms with Crippen LogP contribution in [0.25, 0.3) is 0 Å². The summed E-state index contributed by atoms with van der Waals surface area (Å²) in [4.78, 5) is 0. The van der Waals surface area contributed by atoms with Gasteiger partial charge in [0.1, 0.15) is 0 Å². The van der Waals surface area contributed by atoms with Gasteiger partial charge >= 0.3 is 0 Å². The van der Waals surface area contributed by atoms with Crippen LogP contribution in [-0.4, -0.2) is 34.8 Å². The number of hydrogen-bond acceptors (Lipinski definition) is 3. The Hall–Kier alpha value is 0.270. The summed E-state index contributed by atoms with van der Waals surface area (Å²) in [6, 6.07) is 0. The number of aliphatic hydroxyl groups is 1. The first-order valence-corrected chi connectivity index (χ1v) is 7.22. The minimum absolute atomic E-state index is 0.0864. The summed E-state index contributed by atoms with van der Waals surface area (Å²) in [7, 11) is 0. The predicted octanol–water partition coefficient (Wildman–Crippen LogP) is 2.41. The number of nitrogens with one attached hydrogen (secondary N) is 1. The SMILES string of the molecule is CCNC(C)(CO)CSC1CCCCC1. The second-order valence-corrected chi connectivity index (χ2v) is 6.11. The van der Waals surface area contributed by atoms with E-state index in [1.165, 1.54) is 32.1 Å². The van der Waals surface area contributed by atoms with Gasteiger partial charge in [0.05, 0.1) is 6.61 Å². The van der Waals surface area contributed by atoms with Gasteiger partial charge in [-0.2, -0.15) is 11.8 Å². The monoisotopic (exact) mass is 231 g/mol. The van der Waals surface area contributed by atoms with Crippen molar-refractivity contribution in [1.29, 1.82) is 0 Å². The van der Waals surface area contributed by atoms with Crippen molar-refractivity contribution >= 4 is 11.8 Å². The minimum Gasteiger partial charge on any atom is -0.394 e. The molecule has 0 heterocycles. The smallest absolute Gasteiger partial charge is 0.0618 e. The lowest BCUT2D eigenvalue weighted by Gasteiger charge is -2.31. The lowest BCUT2D eigenvalue weighted by Crippen LogP contribution is -2.48. The Morgan fingerprint density at radius 2 is 2.00 bits per heavy atom. The Balaban J connectivity index is 2.25. The van der Waals surface area contributed by atoms with Gasteiger partial charge < -0.3 is 10.4 Å². The zero-order chi connectivity index (χ0) is 11.1. The van der Waals surface area contributed by atoms with E-state index in [9.17, 15) is 5.11 Å². The number of thioether (sulfide) groups is 1. The highest BCUT2D eigenvalue weighted by Gasteiger charge is 2.24. The third-order valence-electron chi connectivity index (χ3n) is 3.14. The Kier molecular flexibility index (Phi) is 6.02. The van der Waals surface area contributed by atoms with E-state index in [1.807, 2.05) is 11.8 Å². The van der Waals surface area contributed by atoms with Gasteiger partial charge in [-0.15, -0.1) is 0 Å². The van der Waals surface area contributed by atoms with Crippen molar-refractivity contribution in [3.05, 3.63) is 0 Å². The molecule has 1 aliphatic carbocycles. The zero-order valence-corrected chi connectivity index (χ0v) is 10.9. The Morgan fingerprint density at radius 1 is 1.33 bits per heavy atom. The fourth-order valence-corrected chi connectivity index (χ4v) is 3.58. The summed E-state index contributed by atoms with van der Waals surface area (Å²) in [5.74, 6) is 1.03. The van der Waals surface area contributed by atoms with E-state index < -0.39 is 0 Å². The summed E-state index contributed by atoms with van der Waals surface area (Å²) in [6.07, 6.45) is 6.96. The number of rotatable bonds is 6. The van der Waals surface area contributed by atoms with Crippen molar-refractivity contribution < 1.29 is 5.11 Å². The van der Waals surface area contributed by atoms with Gasteiger partial charge in [-0.05, 0) is 26.3 Å². The topological polar surface area (TPSA) is 32.3 Å². The molecule has 0 saturated heterocycles. The average molecular weight is 231 g/mol. The van der Waals surface area contributed by atoms with Crippen molar-refractivity contribution in [2.45, 2.75) is 56.7 Å². The summed E-state index contributed by atoms with van der Waals surface area (Å²) in [5.41, 5.74) is -0.0864. The molecule has 90 valence electrons. The maximum Gasteiger partial charge on any atom is 0.0618 e. The van der Waals surface area contributed by atoms with Crippen molar-refractivity contribution in [2.24, 2.45) is 0 Å². The van der Waals surface area contributed by atoms with Gasteiger partial charge in [-0.25, -0.2) is 0 Å². The Bertz CT molecular complexity index is 171. The molecule has 2 N–H and O–H groups in total. The van der Waals surface area contributed by atoms with Crippen LogP contribution < -0.4 is 5.32 Å². The van der Waals surface area contributed by atoms with Crippen LogP contribution in [-0.2, 0) is 0 Å². The number of aliphatic hydroxyl groups excluding tert-OH is 1. The lowest BCUT2D eigenvalue weighted by atomic mass is 10.0. The molecule has 1 saturated carbocycles. The van der Waals surface area contributed by atoms with E-state index in [4.69, 9.17) is 0 Å². The lowest BCUT2D eigenvalue weighted by molar-refractivity contribution is 0.194. The fraction of sp³-hybridized carbons (Fsp3) is 1.00. The third kappa shape index (κ3) is 4.75. The summed E-state index contributed by atoms with van der Waals surface area (Å²) < 4.78 is 0. The quantitative estimate of drug-likeness (QED) is 0.736. The first kappa shape index (κ1) is 13.3. The maximum atomic E-state index is 9.37. The van der Waals surface area contributed by atoms with Gasteiger partial charge in [-0.1, -0.05) is 26.2 Å². The predicted molar refractivity (Wildman–Crippen MR) is 68.5 cm³/mol. The van der Waals surface area contributed by atoms with E-state index in [1.54, 1.807) is 0 Å². The molecule has 0 aromatic carbocycles. The van der Waals surface area contributed by atoms with E-state index in [2.05, 4.69) is 19.2 Å². The van der Waals surface area contributed by atoms with Crippen LogP contribution in [0.2, 0.25) is 0 Å². The molecule has 0 amide bonds. The molecule has 0 bridgehead atoms. The molecule has 1 atom stereocenters. The third-order valence-corrected chi connectivity index (χ3v) is 4.89. The highest BCUT2D eigenvalue weighted by Crippen LogP contribution is 2.30. The molecule has 15 heavy (non-hydrogen) atoms. The van der Waals surface area contributed by atoms with Gasteiger partial charge in [0.15, 0.2) is 0 Å². The van der Waals surface area contributed by atoms with E-state index in [0.717, 1.165) is 17.5 Å². The molecule has 0 aliphatic heterocycles. The van der Waals surface area contributed by atoms with Crippen molar-refractivity contribution in [3.8, 4) is 0 Å². The van der Waals surface area contributed by atoms with Gasteiger partial charge in [0.2, 0.25) is 0 Å². The Morgan fingerprint density at radius 3 is 2.53 bits per heavy atom. The van der Waals surface area contributed by atoms with Crippen molar-refractivity contribution in [1.82, 2.24) is 5.32 Å². The zero-order valence-electron chi connectivity index (χ0n) is 10.1. The highest BCUT2D eigenvalue weighted by molar-refractivity contribution is 7.99. The van der Waals surface area contributed by atoms with E-state index >= 15 is 0 Å². The molecule has 0 aromatic rings. The van der Waals surface area contributed by atoms with Crippen molar-refractivity contribution in [3.63, 3.8) is 0 Å². The first-order valence-electron chi connectivity index (χ1n) is 6.17. The van der Waals surface area contributed by atoms with Crippen LogP contribution in [0.4, 0.5) is 0 Å². The molecule has 1 unspecified atom stereocenters. The van der Waals surface area contributed by atoms with Crippen LogP contribution in [0.15, 0.2) is 0 Å². The van der Waals surface area contributed by atoms with Crippen LogP contribution in [0, 0.1) is 0 Å². The van der Waals surface area contributed by atoms with E-state index in [0.29, 0.717) is 0 Å². The van der Waals surface area contributed by atoms with E-state index in [-0.39, 0.29) is 12.1 Å². The summed E-state index contributed by atoms with van der Waals surface area (Å²) >= 11 is 2.05. The summed E-state index contributed by atoms with van der Waals surface area (Å²) in [5, 5.41) is 13.6. The maximum absolute atomic E-state index is 9.37. The second kappa shape index (κ2) is 6.77. The van der Waals surface area contributed by atoms with Gasteiger partial charge in [-0.3, -0.25) is 0 Å². The molecule has 1 rings (SSSR count). The standard InChI is InChI=1S/C12H25NOS/c1-3-13-12(2,9-14)10-15-11-7-5-4-6-8-11/h11,13-14H,3-10H2,1-2H3. The first-order chi connectivity index (χ1) is 7.20. The molecule has 2 nitrogen and oxygen atoms in total.